The van der Waals surface area contributed by atoms with Crippen LogP contribution in [-0.4, -0.2) is 14.7 Å². The van der Waals surface area contributed by atoms with Gasteiger partial charge in [-0.3, -0.25) is 0 Å². The van der Waals surface area contributed by atoms with Crippen molar-refractivity contribution in [2.45, 2.75) is 25.9 Å². The number of aryl methyl sites for hydroxylation is 1. The molecule has 0 amide bonds. The van der Waals surface area contributed by atoms with E-state index in [1.165, 1.54) is 22.4 Å². The van der Waals surface area contributed by atoms with Gasteiger partial charge in [-0.2, -0.15) is 5.10 Å². The van der Waals surface area contributed by atoms with Crippen molar-refractivity contribution in [3.8, 4) is 11.1 Å². The number of benzene rings is 2. The Balaban J connectivity index is 1.75. The van der Waals surface area contributed by atoms with Crippen LogP contribution in [0.15, 0.2) is 66.4 Å². The molecule has 0 aliphatic carbocycles. The number of hydrogen-bond donors (Lipinski definition) is 1. The standard InChI is InChI=1S/C21H21N3S/c1-15-13-19-20(18-11-7-4-8-12-18)16(2)22-24(19)21(25)23(15)14-17-9-5-3-6-10-17/h3-13,21,25H,14H2,1-2H3. The smallest absolute Gasteiger partial charge is 0.168 e. The van der Waals surface area contributed by atoms with Crippen molar-refractivity contribution in [3.05, 3.63) is 83.3 Å². The van der Waals surface area contributed by atoms with Crippen molar-refractivity contribution < 1.29 is 0 Å². The summed E-state index contributed by atoms with van der Waals surface area (Å²) in [6, 6.07) is 20.9. The molecule has 4 heteroatoms. The van der Waals surface area contributed by atoms with Gasteiger partial charge in [0.05, 0.1) is 11.4 Å². The number of thiol groups is 1. The molecule has 2 heterocycles. The van der Waals surface area contributed by atoms with Gasteiger partial charge in [0.1, 0.15) is 0 Å². The van der Waals surface area contributed by atoms with Crippen molar-refractivity contribution in [1.82, 2.24) is 14.7 Å². The van der Waals surface area contributed by atoms with Crippen LogP contribution < -0.4 is 0 Å². The molecule has 0 N–H and O–H groups in total. The highest BCUT2D eigenvalue weighted by Gasteiger charge is 2.28. The van der Waals surface area contributed by atoms with Gasteiger partial charge in [-0.25, -0.2) is 4.68 Å². The minimum atomic E-state index is -0.114. The molecule has 0 spiro atoms. The van der Waals surface area contributed by atoms with Crippen molar-refractivity contribution in [2.75, 3.05) is 0 Å². The molecule has 2 aromatic carbocycles. The maximum absolute atomic E-state index is 4.88. The van der Waals surface area contributed by atoms with Gasteiger partial charge in [0, 0.05) is 17.8 Å². The minimum Gasteiger partial charge on any atom is -0.341 e. The molecule has 1 aliphatic rings. The van der Waals surface area contributed by atoms with Gasteiger partial charge in [-0.1, -0.05) is 60.7 Å². The number of aromatic nitrogens is 2. The van der Waals surface area contributed by atoms with Crippen LogP contribution in [0, 0.1) is 6.92 Å². The van der Waals surface area contributed by atoms with E-state index in [1.807, 2.05) is 16.8 Å². The zero-order valence-corrected chi connectivity index (χ0v) is 15.3. The molecule has 3 nitrogen and oxygen atoms in total. The van der Waals surface area contributed by atoms with E-state index in [2.05, 4.69) is 73.4 Å². The van der Waals surface area contributed by atoms with E-state index in [-0.39, 0.29) is 5.50 Å². The maximum Gasteiger partial charge on any atom is 0.168 e. The second-order valence-corrected chi connectivity index (χ2v) is 6.86. The molecule has 1 aliphatic heterocycles. The summed E-state index contributed by atoms with van der Waals surface area (Å²) < 4.78 is 2.02. The molecule has 0 radical (unpaired) electrons. The highest BCUT2D eigenvalue weighted by atomic mass is 32.1. The van der Waals surface area contributed by atoms with Crippen LogP contribution in [0.4, 0.5) is 0 Å². The van der Waals surface area contributed by atoms with E-state index in [0.717, 1.165) is 17.9 Å². The second-order valence-electron chi connectivity index (χ2n) is 6.40. The second kappa shape index (κ2) is 6.45. The summed E-state index contributed by atoms with van der Waals surface area (Å²) in [5.74, 6) is 0. The average Bonchev–Trinajstić information content (AvgIpc) is 2.96. The van der Waals surface area contributed by atoms with Gasteiger partial charge in [-0.05, 0) is 31.1 Å². The predicted octanol–water partition coefficient (Wildman–Crippen LogP) is 5.12. The molecule has 0 saturated heterocycles. The normalized spacial score (nSPS) is 16.5. The highest BCUT2D eigenvalue weighted by Crippen LogP contribution is 2.38. The predicted molar refractivity (Wildman–Crippen MR) is 106 cm³/mol. The number of nitrogens with zero attached hydrogens (tertiary/aromatic N) is 3. The molecular formula is C21H21N3S. The summed E-state index contributed by atoms with van der Waals surface area (Å²) in [5, 5.41) is 4.79. The van der Waals surface area contributed by atoms with Crippen molar-refractivity contribution in [2.24, 2.45) is 0 Å². The van der Waals surface area contributed by atoms with E-state index >= 15 is 0 Å². The molecule has 126 valence electrons. The van der Waals surface area contributed by atoms with Crippen LogP contribution >= 0.6 is 12.6 Å². The summed E-state index contributed by atoms with van der Waals surface area (Å²) >= 11 is 4.88. The Morgan fingerprint density at radius 1 is 0.960 bits per heavy atom. The van der Waals surface area contributed by atoms with Crippen molar-refractivity contribution in [3.63, 3.8) is 0 Å². The lowest BCUT2D eigenvalue weighted by molar-refractivity contribution is 0.240. The molecule has 1 atom stereocenters. The molecular weight excluding hydrogens is 326 g/mol. The van der Waals surface area contributed by atoms with Gasteiger partial charge in [0.25, 0.3) is 0 Å². The first-order valence-electron chi connectivity index (χ1n) is 8.46. The molecule has 1 aromatic heterocycles. The van der Waals surface area contributed by atoms with E-state index in [4.69, 9.17) is 17.7 Å². The van der Waals surface area contributed by atoms with Crippen molar-refractivity contribution in [1.29, 1.82) is 0 Å². The molecule has 4 rings (SSSR count). The van der Waals surface area contributed by atoms with Gasteiger partial charge in [0.15, 0.2) is 5.50 Å². The Labute approximate surface area is 154 Å². The van der Waals surface area contributed by atoms with Crippen molar-refractivity contribution >= 4 is 18.7 Å². The van der Waals surface area contributed by atoms with Gasteiger partial charge < -0.3 is 4.90 Å². The topological polar surface area (TPSA) is 21.1 Å². The summed E-state index contributed by atoms with van der Waals surface area (Å²) in [7, 11) is 0. The quantitative estimate of drug-likeness (QED) is 0.664. The molecule has 0 saturated carbocycles. The van der Waals surface area contributed by atoms with Crippen LogP contribution in [0.2, 0.25) is 0 Å². The van der Waals surface area contributed by atoms with Crippen LogP contribution in [0.1, 0.15) is 29.4 Å². The Morgan fingerprint density at radius 2 is 1.60 bits per heavy atom. The lowest BCUT2D eigenvalue weighted by atomic mass is 10.0. The zero-order valence-electron chi connectivity index (χ0n) is 14.4. The van der Waals surface area contributed by atoms with E-state index < -0.39 is 0 Å². The number of hydrogen-bond acceptors (Lipinski definition) is 3. The summed E-state index contributed by atoms with van der Waals surface area (Å²) in [5.41, 5.74) is 6.91. The van der Waals surface area contributed by atoms with Crippen LogP contribution in [0.25, 0.3) is 17.2 Å². The third kappa shape index (κ3) is 2.87. The SMILES string of the molecule is CC1=Cc2c(-c3ccccc3)c(C)nn2C(S)N1Cc1ccccc1. The summed E-state index contributed by atoms with van der Waals surface area (Å²) in [4.78, 5) is 2.27. The number of rotatable bonds is 3. The molecule has 0 fully saturated rings. The molecule has 25 heavy (non-hydrogen) atoms. The monoisotopic (exact) mass is 347 g/mol. The van der Waals surface area contributed by atoms with Crippen LogP contribution in [0.5, 0.6) is 0 Å². The molecule has 0 bridgehead atoms. The Hall–Kier alpha value is -2.46. The fourth-order valence-corrected chi connectivity index (χ4v) is 3.86. The van der Waals surface area contributed by atoms with E-state index in [0.29, 0.717) is 0 Å². The third-order valence-corrected chi connectivity index (χ3v) is 5.17. The molecule has 1 unspecified atom stereocenters. The number of allylic oxidation sites excluding steroid dienone is 1. The first-order chi connectivity index (χ1) is 12.1. The Morgan fingerprint density at radius 3 is 2.28 bits per heavy atom. The summed E-state index contributed by atoms with van der Waals surface area (Å²) in [6.07, 6.45) is 2.22. The fourth-order valence-electron chi connectivity index (χ4n) is 3.42. The lowest BCUT2D eigenvalue weighted by Gasteiger charge is -2.35. The first kappa shape index (κ1) is 16.0. The average molecular weight is 347 g/mol. The van der Waals surface area contributed by atoms with Gasteiger partial charge >= 0.3 is 0 Å². The highest BCUT2D eigenvalue weighted by molar-refractivity contribution is 7.80. The lowest BCUT2D eigenvalue weighted by Crippen LogP contribution is -2.31. The zero-order chi connectivity index (χ0) is 17.4. The van der Waals surface area contributed by atoms with Gasteiger partial charge in [0.2, 0.25) is 0 Å². The van der Waals surface area contributed by atoms with E-state index in [1.54, 1.807) is 0 Å². The largest absolute Gasteiger partial charge is 0.341 e. The fraction of sp³-hybridized carbons (Fsp3) is 0.190. The van der Waals surface area contributed by atoms with Crippen LogP contribution in [0.3, 0.4) is 0 Å². The molecule has 3 aromatic rings. The third-order valence-electron chi connectivity index (χ3n) is 4.68. The first-order valence-corrected chi connectivity index (χ1v) is 8.98. The Kier molecular flexibility index (Phi) is 4.14. The Bertz CT molecular complexity index is 913. The minimum absolute atomic E-state index is 0.114. The summed E-state index contributed by atoms with van der Waals surface area (Å²) in [6.45, 7) is 5.03. The van der Waals surface area contributed by atoms with E-state index in [9.17, 15) is 0 Å². The maximum atomic E-state index is 4.88. The number of fused-ring (bicyclic) bond motifs is 1. The van der Waals surface area contributed by atoms with Gasteiger partial charge in [-0.15, -0.1) is 12.6 Å². The van der Waals surface area contributed by atoms with Crippen LogP contribution in [-0.2, 0) is 6.54 Å².